The number of nitrogens with zero attached hydrogens (tertiary/aromatic N) is 2. The van der Waals surface area contributed by atoms with Gasteiger partial charge in [-0.25, -0.2) is 14.8 Å². The summed E-state index contributed by atoms with van der Waals surface area (Å²) < 4.78 is 10.7. The molecule has 4 aliphatic rings. The summed E-state index contributed by atoms with van der Waals surface area (Å²) in [6.07, 6.45) is 7.78. The van der Waals surface area contributed by atoms with Gasteiger partial charge in [0.2, 0.25) is 0 Å². The summed E-state index contributed by atoms with van der Waals surface area (Å²) in [5, 5.41) is 13.4. The fourth-order valence-corrected chi connectivity index (χ4v) is 9.70. The molecule has 0 aromatic carbocycles. The van der Waals surface area contributed by atoms with Crippen LogP contribution in [0.4, 0.5) is 4.79 Å². The van der Waals surface area contributed by atoms with Crippen LogP contribution in [-0.2, 0) is 28.7 Å². The van der Waals surface area contributed by atoms with Gasteiger partial charge in [0.15, 0.2) is 0 Å². The van der Waals surface area contributed by atoms with Crippen LogP contribution in [0, 0.1) is 26.7 Å². The first-order valence-electron chi connectivity index (χ1n) is 20.4. The summed E-state index contributed by atoms with van der Waals surface area (Å²) >= 11 is 0. The minimum Gasteiger partial charge on any atom is -0.450 e. The van der Waals surface area contributed by atoms with Crippen molar-refractivity contribution in [2.24, 2.45) is 15.9 Å². The van der Waals surface area contributed by atoms with Gasteiger partial charge in [-0.2, -0.15) is 0 Å². The van der Waals surface area contributed by atoms with Gasteiger partial charge in [-0.15, -0.1) is 0 Å². The number of allylic oxidation sites excluding steroid dienone is 2. The molecule has 10 heteroatoms. The molecule has 2 atom stereocenters. The van der Waals surface area contributed by atoms with Crippen LogP contribution >= 0.6 is 0 Å². The van der Waals surface area contributed by atoms with Crippen molar-refractivity contribution in [3.63, 3.8) is 0 Å². The van der Waals surface area contributed by atoms with E-state index in [-0.39, 0.29) is 12.6 Å². The van der Waals surface area contributed by atoms with Gasteiger partial charge >= 0.3 is 6.16 Å². The van der Waals surface area contributed by atoms with Crippen molar-refractivity contribution >= 4 is 35.4 Å². The number of aromatic amines is 3. The Bertz CT molecular complexity index is 2350. The molecule has 0 saturated heterocycles. The lowest BCUT2D eigenvalue weighted by atomic mass is 9.88. The zero-order valence-corrected chi connectivity index (χ0v) is 35.0. The van der Waals surface area contributed by atoms with E-state index in [2.05, 4.69) is 102 Å². The molecule has 2 unspecified atom stereocenters. The third-order valence-electron chi connectivity index (χ3n) is 12.8. The summed E-state index contributed by atoms with van der Waals surface area (Å²) in [5.74, 6) is 0.329. The molecule has 0 spiro atoms. The van der Waals surface area contributed by atoms with Gasteiger partial charge < -0.3 is 34.8 Å². The lowest BCUT2D eigenvalue weighted by Crippen LogP contribution is -2.21. The van der Waals surface area contributed by atoms with Crippen molar-refractivity contribution in [1.82, 2.24) is 20.3 Å². The quantitative estimate of drug-likeness (QED) is 0.131. The lowest BCUT2D eigenvalue weighted by molar-refractivity contribution is 0.0929. The van der Waals surface area contributed by atoms with Crippen LogP contribution < -0.4 is 5.32 Å². The van der Waals surface area contributed by atoms with Crippen LogP contribution in [0.2, 0.25) is 0 Å². The molecular formula is C46H58N6O4. The van der Waals surface area contributed by atoms with Gasteiger partial charge in [0.05, 0.1) is 64.9 Å². The van der Waals surface area contributed by atoms with Crippen LogP contribution in [0.5, 0.6) is 0 Å². The van der Waals surface area contributed by atoms with E-state index in [9.17, 15) is 9.90 Å². The van der Waals surface area contributed by atoms with E-state index >= 15 is 0 Å². The maximum atomic E-state index is 11.5. The highest BCUT2D eigenvalue weighted by Crippen LogP contribution is 2.46. The third kappa shape index (κ3) is 6.36. The fourth-order valence-electron chi connectivity index (χ4n) is 9.70. The molecule has 56 heavy (non-hydrogen) atoms. The largest absolute Gasteiger partial charge is 0.505 e. The van der Waals surface area contributed by atoms with Gasteiger partial charge in [0.1, 0.15) is 0 Å². The number of hydrogen-bond donors (Lipinski definition) is 5. The molecule has 3 aromatic rings. The lowest BCUT2D eigenvalue weighted by Gasteiger charge is -2.21. The summed E-state index contributed by atoms with van der Waals surface area (Å²) in [5.41, 5.74) is 24.3. The number of H-pyrrole nitrogens is 3. The molecule has 296 valence electrons. The Labute approximate surface area is 331 Å². The highest BCUT2D eigenvalue weighted by atomic mass is 16.7. The van der Waals surface area contributed by atoms with Crippen molar-refractivity contribution < 1.29 is 19.4 Å². The van der Waals surface area contributed by atoms with Crippen molar-refractivity contribution in [1.29, 1.82) is 0 Å². The van der Waals surface area contributed by atoms with E-state index in [0.29, 0.717) is 25.4 Å². The second-order valence-corrected chi connectivity index (χ2v) is 15.6. The predicted molar refractivity (Wildman–Crippen MR) is 227 cm³/mol. The molecule has 0 fully saturated rings. The summed E-state index contributed by atoms with van der Waals surface area (Å²) in [6, 6.07) is 0.109. The van der Waals surface area contributed by atoms with Crippen LogP contribution in [-0.4, -0.2) is 58.0 Å². The first-order valence-corrected chi connectivity index (χ1v) is 20.4. The molecule has 5 N–H and O–H groups in total. The zero-order valence-electron chi connectivity index (χ0n) is 35.0. The highest BCUT2D eigenvalue weighted by molar-refractivity contribution is 6.55. The van der Waals surface area contributed by atoms with E-state index in [4.69, 9.17) is 19.5 Å². The molecule has 0 amide bonds. The van der Waals surface area contributed by atoms with Crippen LogP contribution in [0.3, 0.4) is 0 Å². The Hall–Kier alpha value is -5.09. The number of aromatic nitrogens is 3. The van der Waals surface area contributed by atoms with Crippen molar-refractivity contribution in [2.45, 2.75) is 114 Å². The molecule has 0 aliphatic carbocycles. The monoisotopic (exact) mass is 758 g/mol. The molecule has 10 nitrogen and oxygen atoms in total. The van der Waals surface area contributed by atoms with E-state index in [0.717, 1.165) is 99.3 Å². The summed E-state index contributed by atoms with van der Waals surface area (Å²) in [7, 11) is 1.72. The fraction of sp³-hybridized carbons (Fsp3) is 0.457. The SMILES string of the molecule is CCc1c2[nH]c(c1C)-c1[nH]c(c(CC)c1C)C1NC(=C(C)C1CC)c1[nH]c(c(CC)c1C)/C=C1\N=C(C3=NC(=C2)C(C)=C3CCOC(=O)O)C(CCOC)=C1C. The van der Waals surface area contributed by atoms with E-state index in [1.165, 1.54) is 50.3 Å². The molecule has 7 rings (SSSR count). The highest BCUT2D eigenvalue weighted by Gasteiger charge is 2.38. The predicted octanol–water partition coefficient (Wildman–Crippen LogP) is 10.4. The van der Waals surface area contributed by atoms with Crippen molar-refractivity contribution in [3.8, 4) is 11.4 Å². The van der Waals surface area contributed by atoms with Crippen LogP contribution in [0.1, 0.15) is 130 Å². The van der Waals surface area contributed by atoms with Gasteiger partial charge in [-0.05, 0) is 147 Å². The number of methoxy groups -OCH3 is 1. The Morgan fingerprint density at radius 2 is 1.21 bits per heavy atom. The molecule has 7 heterocycles. The van der Waals surface area contributed by atoms with Gasteiger partial charge in [0.25, 0.3) is 0 Å². The number of nitrogens with one attached hydrogen (secondary N) is 4. The summed E-state index contributed by atoms with van der Waals surface area (Å²) in [6.45, 7) is 22.8. The number of carbonyl (C=O) groups is 1. The second-order valence-electron chi connectivity index (χ2n) is 15.6. The standard InChI is InChI=1S/C46H58N6O4/c1-12-28-24(7)38-40-26(9)30(14-3)42(51-40)43-31(15-4)27(10)41(52-43)39-25(8)29(13-2)37(50-39)21-35-23(6)33(17-19-56-46(53)54)45(48-35)44-32(16-18-55-11)22(5)34(47-44)20-36(28)49-38/h20-21,30,42,49-52H,12-19H2,1-11H3,(H,53,54)/b34-20-,35-21?. The summed E-state index contributed by atoms with van der Waals surface area (Å²) in [4.78, 5) is 33.9. The van der Waals surface area contributed by atoms with Gasteiger partial charge in [0, 0.05) is 36.5 Å². The Kier molecular flexibility index (Phi) is 10.8. The number of hydrogen-bond acceptors (Lipinski definition) is 6. The minimum absolute atomic E-state index is 0.0219. The average molecular weight is 759 g/mol. The molecule has 3 aromatic heterocycles. The zero-order chi connectivity index (χ0) is 40.2. The molecule has 0 saturated carbocycles. The number of aliphatic imine (C=N–C) groups is 2. The smallest absolute Gasteiger partial charge is 0.450 e. The van der Waals surface area contributed by atoms with Gasteiger partial charge in [-0.1, -0.05) is 27.7 Å². The Morgan fingerprint density at radius 3 is 1.73 bits per heavy atom. The number of ether oxygens (including phenoxy) is 2. The average Bonchev–Trinajstić information content (AvgIpc) is 3.98. The molecule has 0 radical (unpaired) electrons. The van der Waals surface area contributed by atoms with Crippen molar-refractivity contribution in [2.75, 3.05) is 20.3 Å². The molecule has 4 aliphatic heterocycles. The maximum absolute atomic E-state index is 11.5. The van der Waals surface area contributed by atoms with Gasteiger partial charge in [-0.3, -0.25) is 0 Å². The van der Waals surface area contributed by atoms with E-state index in [1.807, 2.05) is 0 Å². The first kappa shape index (κ1) is 39.2. The molecular weight excluding hydrogens is 701 g/mol. The number of carboxylic acid groups (broad SMARTS) is 1. The first-order chi connectivity index (χ1) is 26.9. The van der Waals surface area contributed by atoms with Crippen molar-refractivity contribution in [3.05, 3.63) is 95.4 Å². The second kappa shape index (κ2) is 15.4. The Balaban J connectivity index is 1.53. The van der Waals surface area contributed by atoms with E-state index in [1.54, 1.807) is 7.11 Å². The number of rotatable bonds is 10. The normalized spacial score (nSPS) is 20.0. The van der Waals surface area contributed by atoms with Crippen LogP contribution in [0.15, 0.2) is 49.2 Å². The van der Waals surface area contributed by atoms with E-state index < -0.39 is 6.16 Å². The Morgan fingerprint density at radius 1 is 0.714 bits per heavy atom. The third-order valence-corrected chi connectivity index (χ3v) is 12.8. The molecule has 12 bridgehead atoms. The minimum atomic E-state index is -1.29. The topological polar surface area (TPSA) is 140 Å². The number of fused-ring (bicyclic) bond motifs is 14. The van der Waals surface area contributed by atoms with Crippen LogP contribution in [0.25, 0.3) is 29.2 Å². The maximum Gasteiger partial charge on any atom is 0.505 e.